The molecule has 0 spiro atoms. The monoisotopic (exact) mass is 255 g/mol. The number of nitrogens with two attached hydrogens (primary N) is 1. The van der Waals surface area contributed by atoms with Crippen molar-refractivity contribution in [3.8, 4) is 5.75 Å². The number of ether oxygens (including phenoxy) is 1. The van der Waals surface area contributed by atoms with Gasteiger partial charge < -0.3 is 15.6 Å². The molecule has 0 aromatic heterocycles. The minimum Gasteiger partial charge on any atom is -0.505 e. The molecule has 1 rings (SSSR count). The van der Waals surface area contributed by atoms with Gasteiger partial charge in [0.1, 0.15) is 0 Å². The van der Waals surface area contributed by atoms with Crippen LogP contribution in [-0.2, 0) is 9.53 Å². The van der Waals surface area contributed by atoms with Crippen LogP contribution in [0.2, 0.25) is 0 Å². The van der Waals surface area contributed by atoms with E-state index < -0.39 is 29.0 Å². The number of halogens is 1. The molecule has 0 aliphatic carbocycles. The number of hydrogen-bond donors (Lipinski definition) is 2. The maximum atomic E-state index is 13.4. The van der Waals surface area contributed by atoms with Gasteiger partial charge in [-0.2, -0.15) is 0 Å². The summed E-state index contributed by atoms with van der Waals surface area (Å²) in [6.45, 7) is 4.88. The van der Waals surface area contributed by atoms with Gasteiger partial charge in [0.2, 0.25) is 0 Å². The van der Waals surface area contributed by atoms with Crippen molar-refractivity contribution in [1.82, 2.24) is 0 Å². The fourth-order valence-corrected chi connectivity index (χ4v) is 1.83. The highest BCUT2D eigenvalue weighted by Gasteiger charge is 2.38. The Labute approximate surface area is 106 Å². The zero-order chi connectivity index (χ0) is 14.1. The zero-order valence-corrected chi connectivity index (χ0v) is 11.0. The van der Waals surface area contributed by atoms with Crippen molar-refractivity contribution in [2.75, 3.05) is 7.11 Å². The summed E-state index contributed by atoms with van der Waals surface area (Å²) in [5.41, 5.74) is 5.78. The predicted molar refractivity (Wildman–Crippen MR) is 65.5 cm³/mol. The summed E-state index contributed by atoms with van der Waals surface area (Å²) in [5, 5.41) is 9.76. The lowest BCUT2D eigenvalue weighted by Gasteiger charge is -2.30. The van der Waals surface area contributed by atoms with Crippen molar-refractivity contribution in [2.24, 2.45) is 11.1 Å². The maximum absolute atomic E-state index is 13.4. The average Bonchev–Trinajstić information content (AvgIpc) is 2.33. The van der Waals surface area contributed by atoms with E-state index in [1.807, 2.05) is 0 Å². The molecule has 0 saturated carbocycles. The van der Waals surface area contributed by atoms with Gasteiger partial charge in [-0.05, 0) is 32.4 Å². The number of carbonyl (C=O) groups is 1. The lowest BCUT2D eigenvalue weighted by molar-refractivity contribution is -0.152. The van der Waals surface area contributed by atoms with Gasteiger partial charge in [-0.25, -0.2) is 4.39 Å². The second-order valence-electron chi connectivity index (χ2n) is 4.82. The fraction of sp³-hybridized carbons (Fsp3) is 0.462. The van der Waals surface area contributed by atoms with E-state index in [1.54, 1.807) is 20.8 Å². The van der Waals surface area contributed by atoms with Crippen LogP contribution < -0.4 is 5.73 Å². The number of aryl methyl sites for hydroxylation is 1. The molecular weight excluding hydrogens is 237 g/mol. The van der Waals surface area contributed by atoms with E-state index in [2.05, 4.69) is 4.74 Å². The summed E-state index contributed by atoms with van der Waals surface area (Å²) in [7, 11) is 1.26. The Kier molecular flexibility index (Phi) is 3.96. The Morgan fingerprint density at radius 2 is 2.06 bits per heavy atom. The first-order valence-electron chi connectivity index (χ1n) is 5.55. The number of rotatable bonds is 3. The quantitative estimate of drug-likeness (QED) is 0.811. The number of carbonyl (C=O) groups excluding carboxylic acids is 1. The molecule has 0 aliphatic heterocycles. The Bertz CT molecular complexity index is 472. The molecular formula is C13H18FNO3. The predicted octanol–water partition coefficient (Wildman–Crippen LogP) is 2.04. The van der Waals surface area contributed by atoms with Crippen LogP contribution in [0.25, 0.3) is 0 Å². The Morgan fingerprint density at radius 1 is 1.50 bits per heavy atom. The van der Waals surface area contributed by atoms with Gasteiger partial charge in [-0.3, -0.25) is 4.79 Å². The normalized spacial score (nSPS) is 13.2. The minimum atomic E-state index is -1.06. The number of phenols is 1. The summed E-state index contributed by atoms with van der Waals surface area (Å²) in [6.07, 6.45) is 0. The van der Waals surface area contributed by atoms with Gasteiger partial charge in [-0.15, -0.1) is 0 Å². The number of benzene rings is 1. The third kappa shape index (κ3) is 2.31. The number of phenolic OH excluding ortho intramolecular Hbond substituents is 1. The molecule has 0 heterocycles. The van der Waals surface area contributed by atoms with Crippen LogP contribution in [0.1, 0.15) is 31.0 Å². The van der Waals surface area contributed by atoms with Crippen molar-refractivity contribution in [3.63, 3.8) is 0 Å². The zero-order valence-electron chi connectivity index (χ0n) is 11.0. The molecule has 0 unspecified atom stereocenters. The number of methoxy groups -OCH3 is 1. The molecule has 5 heteroatoms. The lowest BCUT2D eigenvalue weighted by atomic mass is 9.79. The van der Waals surface area contributed by atoms with Gasteiger partial charge in [0.25, 0.3) is 0 Å². The van der Waals surface area contributed by atoms with Crippen molar-refractivity contribution in [2.45, 2.75) is 26.8 Å². The first kappa shape index (κ1) is 14.4. The van der Waals surface area contributed by atoms with Crippen molar-refractivity contribution >= 4 is 5.97 Å². The maximum Gasteiger partial charge on any atom is 0.313 e. The van der Waals surface area contributed by atoms with Crippen LogP contribution in [-0.4, -0.2) is 18.2 Å². The third-order valence-corrected chi connectivity index (χ3v) is 3.19. The molecule has 100 valence electrons. The van der Waals surface area contributed by atoms with Gasteiger partial charge in [0, 0.05) is 11.6 Å². The molecule has 1 aromatic carbocycles. The number of aromatic hydroxyl groups is 1. The van der Waals surface area contributed by atoms with E-state index in [0.29, 0.717) is 5.56 Å². The lowest BCUT2D eigenvalue weighted by Crippen LogP contribution is -2.37. The second kappa shape index (κ2) is 4.94. The number of esters is 1. The summed E-state index contributed by atoms with van der Waals surface area (Å²) in [5.74, 6) is -1.79. The summed E-state index contributed by atoms with van der Waals surface area (Å²) >= 11 is 0. The molecule has 1 atom stereocenters. The van der Waals surface area contributed by atoms with E-state index in [1.165, 1.54) is 13.2 Å². The molecule has 3 N–H and O–H groups in total. The molecule has 0 fully saturated rings. The topological polar surface area (TPSA) is 72.5 Å². The molecule has 0 saturated heterocycles. The standard InChI is InChI=1S/C13H18FNO3/c1-7-5-6-8(14)10(16)9(7)11(15)13(2,3)12(17)18-4/h5-6,11,16H,15H2,1-4H3/t11-/m1/s1. The highest BCUT2D eigenvalue weighted by atomic mass is 19.1. The smallest absolute Gasteiger partial charge is 0.313 e. The molecule has 1 aromatic rings. The van der Waals surface area contributed by atoms with E-state index in [0.717, 1.165) is 6.07 Å². The largest absolute Gasteiger partial charge is 0.505 e. The Morgan fingerprint density at radius 3 is 2.56 bits per heavy atom. The first-order valence-corrected chi connectivity index (χ1v) is 5.55. The van der Waals surface area contributed by atoms with Crippen LogP contribution in [0.4, 0.5) is 4.39 Å². The van der Waals surface area contributed by atoms with Crippen LogP contribution in [0, 0.1) is 18.2 Å². The Hall–Kier alpha value is -1.62. The van der Waals surface area contributed by atoms with Crippen LogP contribution in [0.5, 0.6) is 5.75 Å². The minimum absolute atomic E-state index is 0.227. The molecule has 18 heavy (non-hydrogen) atoms. The van der Waals surface area contributed by atoms with Crippen LogP contribution in [0.3, 0.4) is 0 Å². The summed E-state index contributed by atoms with van der Waals surface area (Å²) in [6, 6.07) is 1.81. The van der Waals surface area contributed by atoms with Crippen molar-refractivity contribution < 1.29 is 19.0 Å². The summed E-state index contributed by atoms with van der Waals surface area (Å²) in [4.78, 5) is 11.7. The molecule has 0 bridgehead atoms. The molecule has 0 radical (unpaired) electrons. The van der Waals surface area contributed by atoms with Crippen molar-refractivity contribution in [3.05, 3.63) is 29.1 Å². The average molecular weight is 255 g/mol. The molecule has 0 amide bonds. The van der Waals surface area contributed by atoms with Gasteiger partial charge in [-0.1, -0.05) is 6.07 Å². The highest BCUT2D eigenvalue weighted by Crippen LogP contribution is 2.39. The summed E-state index contributed by atoms with van der Waals surface area (Å²) < 4.78 is 18.0. The molecule has 0 aliphatic rings. The van der Waals surface area contributed by atoms with Gasteiger partial charge in [0.15, 0.2) is 11.6 Å². The highest BCUT2D eigenvalue weighted by molar-refractivity contribution is 5.77. The van der Waals surface area contributed by atoms with E-state index in [-0.39, 0.29) is 5.56 Å². The van der Waals surface area contributed by atoms with E-state index in [9.17, 15) is 14.3 Å². The second-order valence-corrected chi connectivity index (χ2v) is 4.82. The first-order chi connectivity index (χ1) is 8.23. The van der Waals surface area contributed by atoms with Crippen molar-refractivity contribution in [1.29, 1.82) is 0 Å². The van der Waals surface area contributed by atoms with Gasteiger partial charge >= 0.3 is 5.97 Å². The third-order valence-electron chi connectivity index (χ3n) is 3.19. The van der Waals surface area contributed by atoms with Gasteiger partial charge in [0.05, 0.1) is 12.5 Å². The SMILES string of the molecule is COC(=O)C(C)(C)[C@H](N)c1c(C)ccc(F)c1O. The Balaban J connectivity index is 3.31. The fourth-order valence-electron chi connectivity index (χ4n) is 1.83. The van der Waals surface area contributed by atoms with Crippen LogP contribution >= 0.6 is 0 Å². The van der Waals surface area contributed by atoms with Crippen LogP contribution in [0.15, 0.2) is 12.1 Å². The van der Waals surface area contributed by atoms with E-state index in [4.69, 9.17) is 5.73 Å². The molecule has 4 nitrogen and oxygen atoms in total. The number of hydrogen-bond acceptors (Lipinski definition) is 4. The van der Waals surface area contributed by atoms with E-state index >= 15 is 0 Å².